The van der Waals surface area contributed by atoms with E-state index in [1.807, 2.05) is 0 Å². The van der Waals surface area contributed by atoms with Crippen molar-refractivity contribution in [3.05, 3.63) is 10.1 Å². The molecule has 0 aromatic heterocycles. The quantitative estimate of drug-likeness (QED) is 0.165. The minimum absolute atomic E-state index is 0. The van der Waals surface area contributed by atoms with Crippen LogP contribution in [0.4, 0.5) is 0 Å². The molecule has 0 aromatic rings. The topological polar surface area (TPSA) is 110 Å². The zero-order chi connectivity index (χ0) is 6.28. The summed E-state index contributed by atoms with van der Waals surface area (Å²) in [7, 11) is 0. The molecule has 0 heterocycles. The number of hydrogen-bond acceptors (Lipinski definition) is 4. The van der Waals surface area contributed by atoms with Gasteiger partial charge in [0.1, 0.15) is 0 Å². The first-order chi connectivity index (χ1) is 3.15. The van der Waals surface area contributed by atoms with Gasteiger partial charge in [0.25, 0.3) is 11.4 Å². The Labute approximate surface area is 69.6 Å². The Bertz CT molecular complexity index is 59.4. The van der Waals surface area contributed by atoms with Gasteiger partial charge in [0.05, 0.1) is 0 Å². The predicted molar refractivity (Wildman–Crippen MR) is 22.6 cm³/mol. The largest absolute Gasteiger partial charge is 1.00 e. The van der Waals surface area contributed by atoms with Gasteiger partial charge in [0.15, 0.2) is 0 Å². The molecule has 0 aliphatic carbocycles. The fourth-order valence-corrected chi connectivity index (χ4v) is 0. The molecule has 0 saturated heterocycles. The Morgan fingerprint density at radius 1 is 1.50 bits per heavy atom. The van der Waals surface area contributed by atoms with Crippen LogP contribution >= 0.6 is 0 Å². The fraction of sp³-hybridized carbons (Fsp3) is 0. The third-order valence-electron chi connectivity index (χ3n) is 0. The zero-order valence-corrected chi connectivity index (χ0v) is 6.79. The van der Waals surface area contributed by atoms with Gasteiger partial charge in [-0.3, -0.25) is 9.11 Å². The van der Waals surface area contributed by atoms with Gasteiger partial charge >= 0.3 is 29.6 Å². The summed E-state index contributed by atoms with van der Waals surface area (Å²) in [5, 5.41) is 9.00. The van der Waals surface area contributed by atoms with Crippen LogP contribution in [0.2, 0.25) is 0 Å². The SMILES string of the molecule is O=N[O-].O=S(O)O.[Na+]. The van der Waals surface area contributed by atoms with E-state index in [1.54, 1.807) is 0 Å². The molecule has 0 aliphatic rings. The van der Waals surface area contributed by atoms with Crippen LogP contribution in [0.25, 0.3) is 0 Å². The van der Waals surface area contributed by atoms with Crippen LogP contribution in [0, 0.1) is 10.1 Å². The average molecular weight is 151 g/mol. The molecule has 0 spiro atoms. The summed E-state index contributed by atoms with van der Waals surface area (Å²) in [6, 6.07) is 0. The number of rotatable bonds is 0. The summed E-state index contributed by atoms with van der Waals surface area (Å²) in [6.07, 6.45) is 0. The van der Waals surface area contributed by atoms with Gasteiger partial charge < -0.3 is 10.1 Å². The molecule has 2 N–H and O–H groups in total. The molecule has 0 bridgehead atoms. The van der Waals surface area contributed by atoms with Crippen molar-refractivity contribution < 1.29 is 42.9 Å². The van der Waals surface area contributed by atoms with Crippen molar-refractivity contribution in [1.82, 2.24) is 0 Å². The van der Waals surface area contributed by atoms with Crippen molar-refractivity contribution in [3.63, 3.8) is 0 Å². The summed E-state index contributed by atoms with van der Waals surface area (Å²) < 4.78 is 22.8. The Balaban J connectivity index is -0.0000000575. The van der Waals surface area contributed by atoms with Crippen molar-refractivity contribution in [2.24, 2.45) is 5.34 Å². The maximum Gasteiger partial charge on any atom is 1.00 e. The summed E-state index contributed by atoms with van der Waals surface area (Å²) in [4.78, 5) is 8.00. The van der Waals surface area contributed by atoms with Crippen LogP contribution in [0.15, 0.2) is 5.34 Å². The van der Waals surface area contributed by atoms with Crippen LogP contribution in [-0.2, 0) is 11.4 Å². The van der Waals surface area contributed by atoms with Crippen molar-refractivity contribution in [2.45, 2.75) is 0 Å². The van der Waals surface area contributed by atoms with Crippen LogP contribution in [-0.4, -0.2) is 13.3 Å². The maximum absolute atomic E-state index is 8.67. The van der Waals surface area contributed by atoms with E-state index in [0.717, 1.165) is 5.34 Å². The molecule has 0 atom stereocenters. The molecule has 0 saturated carbocycles. The van der Waals surface area contributed by atoms with E-state index in [4.69, 9.17) is 23.4 Å². The second-order valence-electron chi connectivity index (χ2n) is 0.305. The molecular weight excluding hydrogens is 149 g/mol. The molecule has 8 heteroatoms. The summed E-state index contributed by atoms with van der Waals surface area (Å²) >= 11 is -2.61. The van der Waals surface area contributed by atoms with E-state index in [9.17, 15) is 0 Å². The first-order valence-electron chi connectivity index (χ1n) is 0.897. The molecular formula is H2NNaO5S. The van der Waals surface area contributed by atoms with E-state index in [-0.39, 0.29) is 29.6 Å². The Hall–Kier alpha value is 0.470. The van der Waals surface area contributed by atoms with Crippen molar-refractivity contribution in [3.8, 4) is 0 Å². The Morgan fingerprint density at radius 2 is 1.50 bits per heavy atom. The maximum atomic E-state index is 8.67. The summed E-state index contributed by atoms with van der Waals surface area (Å²) in [5.74, 6) is 0. The Morgan fingerprint density at radius 3 is 1.50 bits per heavy atom. The minimum atomic E-state index is -2.61. The van der Waals surface area contributed by atoms with Crippen molar-refractivity contribution in [2.75, 3.05) is 0 Å². The molecule has 0 fully saturated rings. The van der Waals surface area contributed by atoms with Gasteiger partial charge in [-0.05, 0) is 0 Å². The monoisotopic (exact) mass is 151 g/mol. The van der Waals surface area contributed by atoms with Crippen molar-refractivity contribution >= 4 is 11.4 Å². The second-order valence-corrected chi connectivity index (χ2v) is 0.767. The number of hydrogen-bond donors (Lipinski definition) is 2. The van der Waals surface area contributed by atoms with E-state index < -0.39 is 11.4 Å². The third-order valence-corrected chi connectivity index (χ3v) is 0. The number of nitrogens with zero attached hydrogens (tertiary/aromatic N) is 1. The van der Waals surface area contributed by atoms with E-state index >= 15 is 0 Å². The first kappa shape index (κ1) is 15.8. The average Bonchev–Trinajstić information content (AvgIpc) is 1.33. The van der Waals surface area contributed by atoms with Gasteiger partial charge in [-0.2, -0.15) is 4.21 Å². The van der Waals surface area contributed by atoms with Crippen LogP contribution in [0.3, 0.4) is 0 Å². The van der Waals surface area contributed by atoms with Gasteiger partial charge in [-0.1, -0.05) is 0 Å². The minimum Gasteiger partial charge on any atom is -0.444 e. The van der Waals surface area contributed by atoms with E-state index in [0.29, 0.717) is 0 Å². The van der Waals surface area contributed by atoms with Gasteiger partial charge in [0, 0.05) is 0 Å². The van der Waals surface area contributed by atoms with Crippen LogP contribution < -0.4 is 29.6 Å². The molecule has 8 heavy (non-hydrogen) atoms. The zero-order valence-electron chi connectivity index (χ0n) is 3.97. The van der Waals surface area contributed by atoms with Crippen LogP contribution in [0.1, 0.15) is 0 Å². The summed E-state index contributed by atoms with van der Waals surface area (Å²) in [5.41, 5.74) is 0. The van der Waals surface area contributed by atoms with Gasteiger partial charge in [-0.25, -0.2) is 0 Å². The predicted octanol–water partition coefficient (Wildman–Crippen LogP) is -3.06. The molecule has 6 nitrogen and oxygen atoms in total. The molecule has 0 rings (SSSR count). The van der Waals surface area contributed by atoms with E-state index in [1.165, 1.54) is 0 Å². The van der Waals surface area contributed by atoms with Crippen molar-refractivity contribution in [1.29, 1.82) is 0 Å². The smallest absolute Gasteiger partial charge is 0.444 e. The summed E-state index contributed by atoms with van der Waals surface area (Å²) in [6.45, 7) is 0. The standard InChI is InChI=1S/HNO2.Na.H2O3S/c2-1-3;;1-4(2)3/h(H,2,3);;(H2,1,2,3)/q;+1;/p-1. The molecule has 0 radical (unpaired) electrons. The van der Waals surface area contributed by atoms with Gasteiger partial charge in [0.2, 0.25) is 0 Å². The van der Waals surface area contributed by atoms with E-state index in [2.05, 4.69) is 0 Å². The molecule has 0 aromatic carbocycles. The normalized spacial score (nSPS) is 5.88. The third kappa shape index (κ3) is 876. The second kappa shape index (κ2) is 15.6. The molecule has 0 aliphatic heterocycles. The Kier molecular flexibility index (Phi) is 30.9. The first-order valence-corrected chi connectivity index (χ1v) is 1.96. The van der Waals surface area contributed by atoms with Gasteiger partial charge in [-0.15, -0.1) is 5.34 Å². The molecule has 0 amide bonds. The van der Waals surface area contributed by atoms with Crippen LogP contribution in [0.5, 0.6) is 0 Å². The fourth-order valence-electron chi connectivity index (χ4n) is 0. The molecule has 44 valence electrons. The molecule has 0 unspecified atom stereocenters.